The lowest BCUT2D eigenvalue weighted by Crippen LogP contribution is -2.32. The fourth-order valence-corrected chi connectivity index (χ4v) is 2.38. The van der Waals surface area contributed by atoms with Crippen molar-refractivity contribution in [2.75, 3.05) is 67.1 Å². The van der Waals surface area contributed by atoms with Crippen LogP contribution in [0.5, 0.6) is 5.75 Å². The number of non-ortho nitro benzene ring substituents is 1. The molecule has 1 heterocycles. The maximum Gasteiger partial charge on any atom is 0.534 e. The van der Waals surface area contributed by atoms with Crippen molar-refractivity contribution in [3.63, 3.8) is 0 Å². The maximum absolute atomic E-state index is 11.3. The van der Waals surface area contributed by atoms with Gasteiger partial charge in [-0.15, -0.1) is 0 Å². The number of hydroxylamine groups is 2. The van der Waals surface area contributed by atoms with Crippen molar-refractivity contribution in [3.05, 3.63) is 34.4 Å². The number of hydrogen-bond donors (Lipinski definition) is 0. The minimum atomic E-state index is -1.10. The molecule has 38 heavy (non-hydrogen) atoms. The smallest absolute Gasteiger partial charge is 0.432 e. The van der Waals surface area contributed by atoms with Gasteiger partial charge in [0.2, 0.25) is 0 Å². The van der Waals surface area contributed by atoms with E-state index >= 15 is 0 Å². The van der Waals surface area contributed by atoms with Gasteiger partial charge in [-0.3, -0.25) is 24.5 Å². The first-order valence-electron chi connectivity index (χ1n) is 11.2. The lowest BCUT2D eigenvalue weighted by Gasteiger charge is -2.12. The molecular formula is C22H30N2O14. The Hall–Kier alpha value is -3.86. The molecule has 2 amide bonds. The molecule has 2 rings (SSSR count). The molecule has 1 saturated heterocycles. The summed E-state index contributed by atoms with van der Waals surface area (Å²) in [6, 6.07) is 5.09. The van der Waals surface area contributed by atoms with Crippen LogP contribution in [-0.2, 0) is 42.8 Å². The Morgan fingerprint density at radius 1 is 0.789 bits per heavy atom. The summed E-state index contributed by atoms with van der Waals surface area (Å²) in [6.45, 7) is 2.15. The standard InChI is InChI=1S/C12H15NO7.C10H15NO7/c1-17-6-7-18-8-9-19-12(14)20-11-4-2-10(3-5-11)13(15)16;1-15-4-5-16-6-7-17-10(14)18-11-8(12)2-3-9(11)13/h2-5H,6-9H2,1H3;2-7H2,1H3. The first kappa shape index (κ1) is 32.2. The average Bonchev–Trinajstić information content (AvgIpc) is 3.21. The zero-order valence-electron chi connectivity index (χ0n) is 21.0. The number of carbonyl (C=O) groups excluding carboxylic acids is 4. The van der Waals surface area contributed by atoms with E-state index in [1.807, 2.05) is 0 Å². The number of amides is 2. The van der Waals surface area contributed by atoms with Crippen molar-refractivity contribution in [3.8, 4) is 5.75 Å². The molecule has 0 atom stereocenters. The zero-order chi connectivity index (χ0) is 28.2. The Balaban J connectivity index is 0.000000382. The van der Waals surface area contributed by atoms with Crippen LogP contribution in [-0.4, -0.2) is 101 Å². The van der Waals surface area contributed by atoms with Gasteiger partial charge in [-0.2, -0.15) is 0 Å². The molecule has 0 unspecified atom stereocenters. The lowest BCUT2D eigenvalue weighted by molar-refractivity contribution is -0.384. The van der Waals surface area contributed by atoms with E-state index in [-0.39, 0.29) is 50.7 Å². The van der Waals surface area contributed by atoms with Gasteiger partial charge in [0.1, 0.15) is 19.0 Å². The van der Waals surface area contributed by atoms with Crippen LogP contribution in [0.3, 0.4) is 0 Å². The van der Waals surface area contributed by atoms with E-state index < -0.39 is 29.0 Å². The fourth-order valence-electron chi connectivity index (χ4n) is 2.38. The largest absolute Gasteiger partial charge is 0.534 e. The van der Waals surface area contributed by atoms with E-state index in [1.54, 1.807) is 14.2 Å². The number of nitro groups is 1. The first-order valence-corrected chi connectivity index (χ1v) is 11.2. The van der Waals surface area contributed by atoms with Gasteiger partial charge >= 0.3 is 12.3 Å². The Kier molecular flexibility index (Phi) is 16.3. The van der Waals surface area contributed by atoms with Crippen molar-refractivity contribution >= 4 is 29.8 Å². The lowest BCUT2D eigenvalue weighted by atomic mass is 10.3. The van der Waals surface area contributed by atoms with Gasteiger partial charge < -0.3 is 33.2 Å². The van der Waals surface area contributed by atoms with Crippen LogP contribution in [0.1, 0.15) is 12.8 Å². The molecule has 1 aromatic rings. The summed E-state index contributed by atoms with van der Waals surface area (Å²) in [6.07, 6.45) is -1.90. The van der Waals surface area contributed by atoms with Crippen LogP contribution >= 0.6 is 0 Å². The van der Waals surface area contributed by atoms with E-state index in [9.17, 15) is 29.3 Å². The molecule has 0 N–H and O–H groups in total. The van der Waals surface area contributed by atoms with Gasteiger partial charge in [0, 0.05) is 39.2 Å². The highest BCUT2D eigenvalue weighted by Gasteiger charge is 2.33. The summed E-state index contributed by atoms with van der Waals surface area (Å²) >= 11 is 0. The average molecular weight is 546 g/mol. The SMILES string of the molecule is COCCOCCOC(=O)ON1C(=O)CCC1=O.COCCOCCOC(=O)Oc1ccc([N+](=O)[O-])cc1. The minimum Gasteiger partial charge on any atom is -0.432 e. The molecule has 1 fully saturated rings. The molecule has 1 aliphatic rings. The van der Waals surface area contributed by atoms with Crippen LogP contribution in [0, 0.1) is 10.1 Å². The normalized spacial score (nSPS) is 12.4. The van der Waals surface area contributed by atoms with Gasteiger partial charge in [-0.25, -0.2) is 9.59 Å². The number of methoxy groups -OCH3 is 2. The number of carbonyl (C=O) groups is 4. The number of nitro benzene ring substituents is 1. The highest BCUT2D eigenvalue weighted by molar-refractivity contribution is 6.01. The summed E-state index contributed by atoms with van der Waals surface area (Å²) in [4.78, 5) is 58.9. The third kappa shape index (κ3) is 14.0. The van der Waals surface area contributed by atoms with Crippen LogP contribution in [0.25, 0.3) is 0 Å². The van der Waals surface area contributed by atoms with E-state index in [4.69, 9.17) is 28.4 Å². The van der Waals surface area contributed by atoms with Crippen LogP contribution in [0.2, 0.25) is 0 Å². The van der Waals surface area contributed by atoms with Gasteiger partial charge in [0.15, 0.2) is 0 Å². The molecule has 212 valence electrons. The number of imide groups is 1. The molecule has 0 bridgehead atoms. The monoisotopic (exact) mass is 546 g/mol. The summed E-state index contributed by atoms with van der Waals surface area (Å²) in [5.74, 6) is -0.928. The van der Waals surface area contributed by atoms with Gasteiger partial charge in [0.25, 0.3) is 17.5 Å². The van der Waals surface area contributed by atoms with Gasteiger partial charge in [0.05, 0.1) is 44.6 Å². The van der Waals surface area contributed by atoms with Crippen molar-refractivity contribution in [1.29, 1.82) is 0 Å². The molecule has 0 radical (unpaired) electrons. The highest BCUT2D eigenvalue weighted by atomic mass is 16.8. The van der Waals surface area contributed by atoms with Crippen LogP contribution in [0.15, 0.2) is 24.3 Å². The molecular weight excluding hydrogens is 516 g/mol. The molecule has 16 heteroatoms. The predicted octanol–water partition coefficient (Wildman–Crippen LogP) is 1.64. The second kappa shape index (κ2) is 19.3. The maximum atomic E-state index is 11.3. The molecule has 16 nitrogen and oxygen atoms in total. The van der Waals surface area contributed by atoms with Crippen LogP contribution in [0.4, 0.5) is 15.3 Å². The first-order chi connectivity index (χ1) is 18.3. The fraction of sp³-hybridized carbons (Fsp3) is 0.545. The summed E-state index contributed by atoms with van der Waals surface area (Å²) < 4.78 is 33.8. The molecule has 0 aromatic heterocycles. The molecule has 1 aromatic carbocycles. The topological polar surface area (TPSA) is 188 Å². The van der Waals surface area contributed by atoms with E-state index in [0.717, 1.165) is 0 Å². The highest BCUT2D eigenvalue weighted by Crippen LogP contribution is 2.17. The third-order valence-corrected chi connectivity index (χ3v) is 4.18. The molecule has 0 saturated carbocycles. The number of nitrogens with zero attached hydrogens (tertiary/aromatic N) is 2. The Labute approximate surface area is 217 Å². The van der Waals surface area contributed by atoms with Crippen molar-refractivity contribution in [1.82, 2.24) is 5.06 Å². The zero-order valence-corrected chi connectivity index (χ0v) is 21.0. The Bertz CT molecular complexity index is 877. The molecule has 1 aliphatic heterocycles. The van der Waals surface area contributed by atoms with Crippen LogP contribution < -0.4 is 4.74 Å². The summed E-state index contributed by atoms with van der Waals surface area (Å²) in [7, 11) is 3.10. The third-order valence-electron chi connectivity index (χ3n) is 4.18. The summed E-state index contributed by atoms with van der Waals surface area (Å²) in [5, 5.41) is 10.9. The summed E-state index contributed by atoms with van der Waals surface area (Å²) in [5.41, 5.74) is -0.0859. The van der Waals surface area contributed by atoms with E-state index in [1.165, 1.54) is 24.3 Å². The van der Waals surface area contributed by atoms with Gasteiger partial charge in [-0.05, 0) is 12.1 Å². The Morgan fingerprint density at radius 2 is 1.26 bits per heavy atom. The van der Waals surface area contributed by atoms with Crippen molar-refractivity contribution < 1.29 is 62.1 Å². The molecule has 0 aliphatic carbocycles. The van der Waals surface area contributed by atoms with Crippen molar-refractivity contribution in [2.24, 2.45) is 0 Å². The van der Waals surface area contributed by atoms with E-state index in [0.29, 0.717) is 31.5 Å². The second-order valence-electron chi connectivity index (χ2n) is 6.93. The van der Waals surface area contributed by atoms with E-state index in [2.05, 4.69) is 9.57 Å². The number of rotatable bonds is 15. The second-order valence-corrected chi connectivity index (χ2v) is 6.93. The predicted molar refractivity (Wildman–Crippen MR) is 124 cm³/mol. The number of benzene rings is 1. The number of ether oxygens (including phenoxy) is 7. The Morgan fingerprint density at radius 3 is 1.74 bits per heavy atom. The molecule has 0 spiro atoms. The van der Waals surface area contributed by atoms with Gasteiger partial charge in [-0.1, -0.05) is 5.06 Å². The van der Waals surface area contributed by atoms with Crippen molar-refractivity contribution in [2.45, 2.75) is 12.8 Å². The number of hydrogen-bond acceptors (Lipinski definition) is 14. The quantitative estimate of drug-likeness (QED) is 0.0770. The minimum absolute atomic E-state index is 0.0290.